The average molecular weight is 278 g/mol. The maximum absolute atomic E-state index is 2.52. The summed E-state index contributed by atoms with van der Waals surface area (Å²) in [5.74, 6) is 0. The van der Waals surface area contributed by atoms with Gasteiger partial charge in [0.2, 0.25) is 0 Å². The second-order valence-electron chi connectivity index (χ2n) is 5.65. The minimum Gasteiger partial charge on any atom is -0.303 e. The monoisotopic (exact) mass is 278 g/mol. The Morgan fingerprint density at radius 3 is 2.95 bits per heavy atom. The van der Waals surface area contributed by atoms with E-state index in [-0.39, 0.29) is 0 Å². The highest BCUT2D eigenvalue weighted by molar-refractivity contribution is 7.98. The molecule has 106 valence electrons. The topological polar surface area (TPSA) is 6.48 Å². The van der Waals surface area contributed by atoms with Crippen molar-refractivity contribution in [3.63, 3.8) is 0 Å². The van der Waals surface area contributed by atoms with Gasteiger partial charge in [0.05, 0.1) is 0 Å². The Morgan fingerprint density at radius 1 is 1.42 bits per heavy atom. The summed E-state index contributed by atoms with van der Waals surface area (Å²) in [4.78, 5) is 6.33. The molecule has 0 bridgehead atoms. The summed E-state index contributed by atoms with van der Waals surface area (Å²) in [7, 11) is 4.50. The molecule has 1 aromatic carbocycles. The van der Waals surface area contributed by atoms with E-state index >= 15 is 0 Å². The Bertz CT molecular complexity index is 394. The molecular formula is C16H26N2S. The smallest absolute Gasteiger partial charge is 0.0231 e. The number of nitrogens with zero attached hydrogens (tertiary/aromatic N) is 2. The molecule has 0 spiro atoms. The van der Waals surface area contributed by atoms with Crippen LogP contribution in [-0.2, 0) is 6.54 Å². The van der Waals surface area contributed by atoms with Crippen LogP contribution in [0.5, 0.6) is 0 Å². The van der Waals surface area contributed by atoms with Gasteiger partial charge in [0.15, 0.2) is 0 Å². The first-order valence-electron chi connectivity index (χ1n) is 7.21. The molecule has 1 heterocycles. The van der Waals surface area contributed by atoms with Crippen LogP contribution in [-0.4, -0.2) is 49.3 Å². The summed E-state index contributed by atoms with van der Waals surface area (Å²) in [6.07, 6.45) is 6.20. The van der Waals surface area contributed by atoms with Crippen molar-refractivity contribution in [2.24, 2.45) is 0 Å². The lowest BCUT2D eigenvalue weighted by molar-refractivity contribution is 0.245. The fraction of sp³-hybridized carbons (Fsp3) is 0.625. The zero-order chi connectivity index (χ0) is 13.7. The zero-order valence-electron chi connectivity index (χ0n) is 12.4. The van der Waals surface area contributed by atoms with Crippen LogP contribution in [0.15, 0.2) is 29.2 Å². The molecule has 1 atom stereocenters. The number of benzene rings is 1. The molecule has 0 aromatic heterocycles. The summed E-state index contributed by atoms with van der Waals surface area (Å²) in [6, 6.07) is 9.70. The van der Waals surface area contributed by atoms with Gasteiger partial charge in [-0.2, -0.15) is 0 Å². The minimum atomic E-state index is 0.806. The van der Waals surface area contributed by atoms with E-state index in [2.05, 4.69) is 54.4 Å². The van der Waals surface area contributed by atoms with Crippen molar-refractivity contribution in [3.8, 4) is 0 Å². The van der Waals surface area contributed by atoms with Crippen LogP contribution in [0.1, 0.15) is 24.8 Å². The van der Waals surface area contributed by atoms with E-state index in [9.17, 15) is 0 Å². The van der Waals surface area contributed by atoms with E-state index in [1.807, 2.05) is 11.8 Å². The number of likely N-dealkylation sites (tertiary alicyclic amines) is 1. The normalized spacial score (nSPS) is 20.3. The molecular weight excluding hydrogens is 252 g/mol. The van der Waals surface area contributed by atoms with Crippen molar-refractivity contribution in [2.75, 3.05) is 33.4 Å². The van der Waals surface area contributed by atoms with Gasteiger partial charge in [-0.3, -0.25) is 0 Å². The van der Waals surface area contributed by atoms with Crippen molar-refractivity contribution in [1.82, 2.24) is 9.80 Å². The third-order valence-electron chi connectivity index (χ3n) is 4.10. The lowest BCUT2D eigenvalue weighted by atomic mass is 10.1. The highest BCUT2D eigenvalue weighted by Crippen LogP contribution is 2.19. The third-order valence-corrected chi connectivity index (χ3v) is 4.83. The van der Waals surface area contributed by atoms with E-state index in [1.165, 1.54) is 42.8 Å². The van der Waals surface area contributed by atoms with Gasteiger partial charge in [0.25, 0.3) is 0 Å². The molecule has 1 aromatic rings. The van der Waals surface area contributed by atoms with Crippen LogP contribution in [0.25, 0.3) is 0 Å². The van der Waals surface area contributed by atoms with Gasteiger partial charge in [-0.15, -0.1) is 11.8 Å². The van der Waals surface area contributed by atoms with Crippen molar-refractivity contribution in [3.05, 3.63) is 29.8 Å². The van der Waals surface area contributed by atoms with E-state index in [0.717, 1.165) is 12.6 Å². The molecule has 0 radical (unpaired) electrons. The second kappa shape index (κ2) is 7.32. The summed E-state index contributed by atoms with van der Waals surface area (Å²) < 4.78 is 0. The minimum absolute atomic E-state index is 0.806. The van der Waals surface area contributed by atoms with Crippen molar-refractivity contribution in [1.29, 1.82) is 0 Å². The van der Waals surface area contributed by atoms with E-state index in [1.54, 1.807) is 0 Å². The molecule has 2 nitrogen and oxygen atoms in total. The first kappa shape index (κ1) is 14.9. The molecule has 0 saturated carbocycles. The quantitative estimate of drug-likeness (QED) is 0.737. The lowest BCUT2D eigenvalue weighted by Crippen LogP contribution is -2.29. The third kappa shape index (κ3) is 4.51. The first-order chi connectivity index (χ1) is 9.19. The molecule has 0 amide bonds. The molecule has 1 saturated heterocycles. The molecule has 19 heavy (non-hydrogen) atoms. The van der Waals surface area contributed by atoms with Crippen LogP contribution in [0.2, 0.25) is 0 Å². The number of hydrogen-bond donors (Lipinski definition) is 0. The van der Waals surface area contributed by atoms with E-state index in [0.29, 0.717) is 0 Å². The molecule has 2 rings (SSSR count). The maximum atomic E-state index is 2.52. The van der Waals surface area contributed by atoms with Crippen molar-refractivity contribution >= 4 is 11.8 Å². The van der Waals surface area contributed by atoms with Crippen LogP contribution in [0.3, 0.4) is 0 Å². The lowest BCUT2D eigenvalue weighted by Gasteiger charge is -2.23. The van der Waals surface area contributed by atoms with Gasteiger partial charge in [0.1, 0.15) is 0 Å². The zero-order valence-corrected chi connectivity index (χ0v) is 13.2. The SMILES string of the molecule is CSc1cccc(CN(C)CC[C@H]2CCCN2C)c1. The highest BCUT2D eigenvalue weighted by Gasteiger charge is 2.20. The van der Waals surface area contributed by atoms with E-state index in [4.69, 9.17) is 0 Å². The standard InChI is InChI=1S/C16H26N2S/c1-17(11-9-15-7-5-10-18(15)2)13-14-6-4-8-16(12-14)19-3/h4,6,8,12,15H,5,7,9-11,13H2,1-3H3/t15-/m1/s1. The molecule has 0 unspecified atom stereocenters. The molecule has 0 aliphatic carbocycles. The predicted octanol–water partition coefficient (Wildman–Crippen LogP) is 3.32. The van der Waals surface area contributed by atoms with Gasteiger partial charge < -0.3 is 9.80 Å². The Hall–Kier alpha value is -0.510. The Balaban J connectivity index is 1.78. The van der Waals surface area contributed by atoms with E-state index < -0.39 is 0 Å². The summed E-state index contributed by atoms with van der Waals surface area (Å²) in [5.41, 5.74) is 1.43. The van der Waals surface area contributed by atoms with Crippen molar-refractivity contribution in [2.45, 2.75) is 36.7 Å². The summed E-state index contributed by atoms with van der Waals surface area (Å²) in [5, 5.41) is 0. The molecule has 3 heteroatoms. The summed E-state index contributed by atoms with van der Waals surface area (Å²) >= 11 is 1.82. The van der Waals surface area contributed by atoms with Gasteiger partial charge in [-0.1, -0.05) is 12.1 Å². The molecule has 1 aliphatic heterocycles. The van der Waals surface area contributed by atoms with Gasteiger partial charge in [0, 0.05) is 17.5 Å². The number of hydrogen-bond acceptors (Lipinski definition) is 3. The molecule has 0 N–H and O–H groups in total. The van der Waals surface area contributed by atoms with Crippen molar-refractivity contribution < 1.29 is 0 Å². The number of thioether (sulfide) groups is 1. The van der Waals surface area contributed by atoms with Crippen LogP contribution >= 0.6 is 11.8 Å². The maximum Gasteiger partial charge on any atom is 0.0231 e. The average Bonchev–Trinajstić information content (AvgIpc) is 2.82. The Kier molecular flexibility index (Phi) is 5.74. The first-order valence-corrected chi connectivity index (χ1v) is 8.43. The van der Waals surface area contributed by atoms with Gasteiger partial charge >= 0.3 is 0 Å². The Labute approximate surface area is 122 Å². The highest BCUT2D eigenvalue weighted by atomic mass is 32.2. The van der Waals surface area contributed by atoms with Crippen LogP contribution in [0.4, 0.5) is 0 Å². The largest absolute Gasteiger partial charge is 0.303 e. The predicted molar refractivity (Wildman–Crippen MR) is 84.8 cm³/mol. The molecule has 1 aliphatic rings. The summed E-state index contributed by atoms with van der Waals surface area (Å²) in [6.45, 7) is 3.54. The van der Waals surface area contributed by atoms with Crippen LogP contribution in [0, 0.1) is 0 Å². The van der Waals surface area contributed by atoms with Crippen LogP contribution < -0.4 is 0 Å². The Morgan fingerprint density at radius 2 is 2.26 bits per heavy atom. The van der Waals surface area contributed by atoms with Gasteiger partial charge in [-0.25, -0.2) is 0 Å². The fourth-order valence-corrected chi connectivity index (χ4v) is 3.36. The number of rotatable bonds is 6. The second-order valence-corrected chi connectivity index (χ2v) is 6.53. The molecule has 1 fully saturated rings. The fourth-order valence-electron chi connectivity index (χ4n) is 2.87. The van der Waals surface area contributed by atoms with Gasteiger partial charge in [-0.05, 0) is 70.4 Å².